The number of nitrogens with one attached hydrogen (secondary N) is 1. The molecule has 1 nitrogen and oxygen atoms in total. The molecule has 1 aromatic carbocycles. The lowest BCUT2D eigenvalue weighted by Gasteiger charge is -2.42. The van der Waals surface area contributed by atoms with E-state index in [0.29, 0.717) is 5.92 Å². The van der Waals surface area contributed by atoms with Crippen molar-refractivity contribution in [2.24, 2.45) is 5.92 Å². The Morgan fingerprint density at radius 1 is 1.47 bits per heavy atom. The summed E-state index contributed by atoms with van der Waals surface area (Å²) in [7, 11) is 0. The lowest BCUT2D eigenvalue weighted by Crippen LogP contribution is -2.45. The topological polar surface area (TPSA) is 12.0 Å². The van der Waals surface area contributed by atoms with E-state index in [1.807, 2.05) is 0 Å². The third-order valence-electron chi connectivity index (χ3n) is 4.12. The molecule has 0 bridgehead atoms. The highest BCUT2D eigenvalue weighted by Crippen LogP contribution is 2.38. The molecule has 82 valence electrons. The number of benzene rings is 1. The van der Waals surface area contributed by atoms with Crippen molar-refractivity contribution in [1.29, 1.82) is 0 Å². The van der Waals surface area contributed by atoms with Crippen molar-refractivity contribution in [3.05, 3.63) is 29.3 Å². The van der Waals surface area contributed by atoms with Crippen molar-refractivity contribution in [3.8, 4) is 0 Å². The molecule has 1 aliphatic rings. The van der Waals surface area contributed by atoms with Gasteiger partial charge in [0.25, 0.3) is 0 Å². The maximum absolute atomic E-state index is 3.74. The van der Waals surface area contributed by atoms with Gasteiger partial charge in [0, 0.05) is 11.2 Å². The number of anilines is 1. The second-order valence-electron chi connectivity index (χ2n) is 5.11. The van der Waals surface area contributed by atoms with Crippen LogP contribution in [-0.4, -0.2) is 5.54 Å². The zero-order valence-electron chi connectivity index (χ0n) is 10.2. The van der Waals surface area contributed by atoms with Gasteiger partial charge in [-0.25, -0.2) is 0 Å². The van der Waals surface area contributed by atoms with E-state index in [1.54, 1.807) is 0 Å². The van der Waals surface area contributed by atoms with Crippen LogP contribution >= 0.6 is 0 Å². The Labute approximate surface area is 92.9 Å². The average molecular weight is 203 g/mol. The van der Waals surface area contributed by atoms with Crippen LogP contribution in [0.4, 0.5) is 5.69 Å². The Kier molecular flexibility index (Phi) is 2.49. The number of rotatable bonds is 1. The standard InChI is InChI=1S/C14H21N/c1-5-14(4)11(3)9-12-8-6-7-10(2)13(12)15-14/h6-8,11,15H,5,9H2,1-4H3. The van der Waals surface area contributed by atoms with Gasteiger partial charge in [0.2, 0.25) is 0 Å². The van der Waals surface area contributed by atoms with Crippen molar-refractivity contribution in [1.82, 2.24) is 0 Å². The Balaban J connectivity index is 2.43. The van der Waals surface area contributed by atoms with Crippen LogP contribution in [0.5, 0.6) is 0 Å². The second kappa shape index (κ2) is 3.55. The monoisotopic (exact) mass is 203 g/mol. The first-order valence-corrected chi connectivity index (χ1v) is 5.93. The molecule has 0 saturated heterocycles. The summed E-state index contributed by atoms with van der Waals surface area (Å²) in [6, 6.07) is 6.61. The van der Waals surface area contributed by atoms with E-state index >= 15 is 0 Å². The molecule has 1 aromatic rings. The predicted octanol–water partition coefficient (Wildman–Crippen LogP) is 3.77. The highest BCUT2D eigenvalue weighted by molar-refractivity contribution is 5.60. The molecule has 0 amide bonds. The molecule has 15 heavy (non-hydrogen) atoms. The smallest absolute Gasteiger partial charge is 0.0406 e. The van der Waals surface area contributed by atoms with E-state index in [2.05, 4.69) is 51.2 Å². The molecule has 2 unspecified atom stereocenters. The highest BCUT2D eigenvalue weighted by atomic mass is 15.0. The average Bonchev–Trinajstić information content (AvgIpc) is 2.22. The van der Waals surface area contributed by atoms with Crippen LogP contribution in [0.2, 0.25) is 0 Å². The van der Waals surface area contributed by atoms with Crippen LogP contribution in [0, 0.1) is 12.8 Å². The summed E-state index contributed by atoms with van der Waals surface area (Å²) in [6.45, 7) is 9.15. The van der Waals surface area contributed by atoms with Gasteiger partial charge in [-0.15, -0.1) is 0 Å². The number of aryl methyl sites for hydroxylation is 1. The Morgan fingerprint density at radius 2 is 2.20 bits per heavy atom. The lowest BCUT2D eigenvalue weighted by molar-refractivity contribution is 0.323. The second-order valence-corrected chi connectivity index (χ2v) is 5.11. The molecule has 0 aliphatic carbocycles. The minimum Gasteiger partial charge on any atom is -0.379 e. The van der Waals surface area contributed by atoms with Crippen molar-refractivity contribution in [3.63, 3.8) is 0 Å². The van der Waals surface area contributed by atoms with Crippen molar-refractivity contribution < 1.29 is 0 Å². The molecule has 2 rings (SSSR count). The summed E-state index contributed by atoms with van der Waals surface area (Å²) in [5.41, 5.74) is 4.49. The minimum atomic E-state index is 0.263. The molecule has 0 fully saturated rings. The zero-order chi connectivity index (χ0) is 11.1. The first-order chi connectivity index (χ1) is 7.07. The Hall–Kier alpha value is -0.980. The normalized spacial score (nSPS) is 29.5. The molecule has 1 aliphatic heterocycles. The van der Waals surface area contributed by atoms with Crippen LogP contribution in [0.3, 0.4) is 0 Å². The van der Waals surface area contributed by atoms with E-state index in [0.717, 1.165) is 0 Å². The molecule has 0 saturated carbocycles. The summed E-state index contributed by atoms with van der Waals surface area (Å²) in [4.78, 5) is 0. The van der Waals surface area contributed by atoms with E-state index in [9.17, 15) is 0 Å². The number of hydrogen-bond donors (Lipinski definition) is 1. The number of hydrogen-bond acceptors (Lipinski definition) is 1. The largest absolute Gasteiger partial charge is 0.379 e. The Morgan fingerprint density at radius 3 is 2.87 bits per heavy atom. The van der Waals surface area contributed by atoms with Crippen molar-refractivity contribution >= 4 is 5.69 Å². The first kappa shape index (κ1) is 10.5. The van der Waals surface area contributed by atoms with Crippen LogP contribution in [0.25, 0.3) is 0 Å². The number of para-hydroxylation sites is 1. The van der Waals surface area contributed by atoms with Gasteiger partial charge in [0.1, 0.15) is 0 Å². The van der Waals surface area contributed by atoms with Crippen molar-refractivity contribution in [2.45, 2.75) is 46.1 Å². The lowest BCUT2D eigenvalue weighted by atomic mass is 9.76. The maximum Gasteiger partial charge on any atom is 0.0406 e. The predicted molar refractivity (Wildman–Crippen MR) is 66.4 cm³/mol. The molecule has 2 atom stereocenters. The van der Waals surface area contributed by atoms with Gasteiger partial charge in [-0.3, -0.25) is 0 Å². The van der Waals surface area contributed by atoms with Gasteiger partial charge in [-0.1, -0.05) is 32.0 Å². The summed E-state index contributed by atoms with van der Waals surface area (Å²) in [6.07, 6.45) is 2.39. The quantitative estimate of drug-likeness (QED) is 0.732. The van der Waals surface area contributed by atoms with Crippen LogP contribution < -0.4 is 5.32 Å². The van der Waals surface area contributed by atoms with Gasteiger partial charge >= 0.3 is 0 Å². The third kappa shape index (κ3) is 1.64. The molecular weight excluding hydrogens is 182 g/mol. The molecule has 1 heteroatoms. The summed E-state index contributed by atoms with van der Waals surface area (Å²) in [5.74, 6) is 0.705. The van der Waals surface area contributed by atoms with Gasteiger partial charge in [0.05, 0.1) is 0 Å². The summed E-state index contributed by atoms with van der Waals surface area (Å²) < 4.78 is 0. The first-order valence-electron chi connectivity index (χ1n) is 5.93. The van der Waals surface area contributed by atoms with E-state index in [4.69, 9.17) is 0 Å². The maximum atomic E-state index is 3.74. The molecule has 0 radical (unpaired) electrons. The van der Waals surface area contributed by atoms with Gasteiger partial charge in [-0.2, -0.15) is 0 Å². The van der Waals surface area contributed by atoms with Gasteiger partial charge in [0.15, 0.2) is 0 Å². The molecule has 0 aromatic heterocycles. The van der Waals surface area contributed by atoms with E-state index in [1.165, 1.54) is 29.7 Å². The Bertz CT molecular complexity index is 370. The minimum absolute atomic E-state index is 0.263. The number of fused-ring (bicyclic) bond motifs is 1. The van der Waals surface area contributed by atoms with Crippen molar-refractivity contribution in [2.75, 3.05) is 5.32 Å². The third-order valence-corrected chi connectivity index (χ3v) is 4.12. The van der Waals surface area contributed by atoms with Gasteiger partial charge < -0.3 is 5.32 Å². The fourth-order valence-electron chi connectivity index (χ4n) is 2.48. The van der Waals surface area contributed by atoms with Crippen LogP contribution in [0.15, 0.2) is 18.2 Å². The van der Waals surface area contributed by atoms with Crippen LogP contribution in [-0.2, 0) is 6.42 Å². The fourth-order valence-corrected chi connectivity index (χ4v) is 2.48. The van der Waals surface area contributed by atoms with E-state index in [-0.39, 0.29) is 5.54 Å². The fraction of sp³-hybridized carbons (Fsp3) is 0.571. The highest BCUT2D eigenvalue weighted by Gasteiger charge is 2.34. The molecule has 1 heterocycles. The van der Waals surface area contributed by atoms with Gasteiger partial charge in [-0.05, 0) is 43.7 Å². The molecule has 1 N–H and O–H groups in total. The van der Waals surface area contributed by atoms with E-state index < -0.39 is 0 Å². The molecular formula is C14H21N. The summed E-state index contributed by atoms with van der Waals surface area (Å²) >= 11 is 0. The zero-order valence-corrected chi connectivity index (χ0v) is 10.2. The van der Waals surface area contributed by atoms with Crippen LogP contribution in [0.1, 0.15) is 38.3 Å². The SMILES string of the molecule is CCC1(C)Nc2c(C)cccc2CC1C. The molecule has 0 spiro atoms. The summed E-state index contributed by atoms with van der Waals surface area (Å²) in [5, 5.41) is 3.74.